The average Bonchev–Trinajstić information content (AvgIpc) is 2.52. The van der Waals surface area contributed by atoms with E-state index in [1.54, 1.807) is 23.0 Å². The van der Waals surface area contributed by atoms with Crippen LogP contribution in [0.2, 0.25) is 0 Å². The summed E-state index contributed by atoms with van der Waals surface area (Å²) in [6, 6.07) is 3.68. The summed E-state index contributed by atoms with van der Waals surface area (Å²) in [6.07, 6.45) is 3.36. The van der Waals surface area contributed by atoms with Crippen molar-refractivity contribution in [2.24, 2.45) is 0 Å². The van der Waals surface area contributed by atoms with E-state index in [4.69, 9.17) is 5.26 Å². The number of nitriles is 1. The van der Waals surface area contributed by atoms with E-state index in [-0.39, 0.29) is 12.5 Å². The van der Waals surface area contributed by atoms with Crippen molar-refractivity contribution in [3.05, 3.63) is 24.0 Å². The number of carbonyl (C=O) groups excluding carboxylic acids is 1. The molecule has 1 aromatic heterocycles. The number of amides is 1. The van der Waals surface area contributed by atoms with Crippen molar-refractivity contribution in [2.75, 3.05) is 6.54 Å². The first-order valence-electron chi connectivity index (χ1n) is 4.09. The van der Waals surface area contributed by atoms with Gasteiger partial charge in [0.05, 0.1) is 5.56 Å². The van der Waals surface area contributed by atoms with Crippen LogP contribution in [0.3, 0.4) is 0 Å². The SMILES string of the molecule is CCNC(=O)Cn1ccc(C#N)c1. The molecule has 13 heavy (non-hydrogen) atoms. The highest BCUT2D eigenvalue weighted by Crippen LogP contribution is 1.98. The molecule has 1 N–H and O–H groups in total. The Bertz CT molecular complexity index is 335. The minimum absolute atomic E-state index is 0.0393. The van der Waals surface area contributed by atoms with Crippen LogP contribution < -0.4 is 5.32 Å². The van der Waals surface area contributed by atoms with Gasteiger partial charge in [-0.05, 0) is 13.0 Å². The van der Waals surface area contributed by atoms with Gasteiger partial charge in [-0.3, -0.25) is 4.79 Å². The molecule has 1 amide bonds. The zero-order valence-corrected chi connectivity index (χ0v) is 7.45. The second-order valence-electron chi connectivity index (χ2n) is 2.64. The highest BCUT2D eigenvalue weighted by atomic mass is 16.1. The van der Waals surface area contributed by atoms with Crippen molar-refractivity contribution in [2.45, 2.75) is 13.5 Å². The Morgan fingerprint density at radius 2 is 2.54 bits per heavy atom. The zero-order chi connectivity index (χ0) is 9.68. The molecule has 1 rings (SSSR count). The van der Waals surface area contributed by atoms with Gasteiger partial charge < -0.3 is 9.88 Å². The maximum Gasteiger partial charge on any atom is 0.239 e. The van der Waals surface area contributed by atoms with E-state index in [2.05, 4.69) is 5.32 Å². The lowest BCUT2D eigenvalue weighted by molar-refractivity contribution is -0.121. The molecule has 0 bridgehead atoms. The molecular weight excluding hydrogens is 166 g/mol. The fourth-order valence-corrected chi connectivity index (χ4v) is 1.02. The molecule has 0 fully saturated rings. The Morgan fingerprint density at radius 3 is 3.08 bits per heavy atom. The van der Waals surface area contributed by atoms with Crippen molar-refractivity contribution in [1.82, 2.24) is 9.88 Å². The van der Waals surface area contributed by atoms with Gasteiger partial charge in [-0.25, -0.2) is 0 Å². The summed E-state index contributed by atoms with van der Waals surface area (Å²) in [5.41, 5.74) is 0.573. The third-order valence-electron chi connectivity index (χ3n) is 1.58. The molecule has 4 heteroatoms. The normalized spacial score (nSPS) is 9.23. The summed E-state index contributed by atoms with van der Waals surface area (Å²) in [6.45, 7) is 2.77. The maximum absolute atomic E-state index is 11.1. The van der Waals surface area contributed by atoms with Crippen LogP contribution in [0.1, 0.15) is 12.5 Å². The van der Waals surface area contributed by atoms with Crippen molar-refractivity contribution >= 4 is 5.91 Å². The van der Waals surface area contributed by atoms with E-state index in [9.17, 15) is 4.79 Å². The standard InChI is InChI=1S/C9H11N3O/c1-2-11-9(13)7-12-4-3-8(5-10)6-12/h3-4,6H,2,7H2,1H3,(H,11,13). The van der Waals surface area contributed by atoms with E-state index in [0.29, 0.717) is 12.1 Å². The van der Waals surface area contributed by atoms with E-state index in [1.807, 2.05) is 13.0 Å². The number of hydrogen-bond acceptors (Lipinski definition) is 2. The molecule has 1 heterocycles. The van der Waals surface area contributed by atoms with Crippen molar-refractivity contribution in [3.8, 4) is 6.07 Å². The molecule has 0 spiro atoms. The average molecular weight is 177 g/mol. The molecule has 0 saturated carbocycles. The first kappa shape index (κ1) is 9.33. The van der Waals surface area contributed by atoms with Crippen LogP contribution in [0.5, 0.6) is 0 Å². The first-order valence-corrected chi connectivity index (χ1v) is 4.09. The Balaban J connectivity index is 2.55. The summed E-state index contributed by atoms with van der Waals surface area (Å²) >= 11 is 0. The van der Waals surface area contributed by atoms with Gasteiger partial charge >= 0.3 is 0 Å². The Kier molecular flexibility index (Phi) is 3.09. The van der Waals surface area contributed by atoms with Gasteiger partial charge in [-0.1, -0.05) is 0 Å². The number of nitrogens with zero attached hydrogens (tertiary/aromatic N) is 2. The number of aromatic nitrogens is 1. The van der Waals surface area contributed by atoms with Crippen LogP contribution in [0, 0.1) is 11.3 Å². The molecule has 4 nitrogen and oxygen atoms in total. The Morgan fingerprint density at radius 1 is 1.77 bits per heavy atom. The van der Waals surface area contributed by atoms with Crippen molar-refractivity contribution in [3.63, 3.8) is 0 Å². The lowest BCUT2D eigenvalue weighted by Crippen LogP contribution is -2.26. The molecule has 0 aromatic carbocycles. The third kappa shape index (κ3) is 2.64. The fraction of sp³-hybridized carbons (Fsp3) is 0.333. The highest BCUT2D eigenvalue weighted by molar-refractivity contribution is 5.75. The smallest absolute Gasteiger partial charge is 0.239 e. The molecule has 0 unspecified atom stereocenters. The molecule has 0 atom stereocenters. The third-order valence-corrected chi connectivity index (χ3v) is 1.58. The molecule has 0 saturated heterocycles. The second-order valence-corrected chi connectivity index (χ2v) is 2.64. The minimum Gasteiger partial charge on any atom is -0.355 e. The van der Waals surface area contributed by atoms with Gasteiger partial charge in [0.25, 0.3) is 0 Å². The number of carbonyl (C=O) groups is 1. The van der Waals surface area contributed by atoms with Gasteiger partial charge in [0.1, 0.15) is 12.6 Å². The number of likely N-dealkylation sites (N-methyl/N-ethyl adjacent to an activating group) is 1. The number of hydrogen-bond donors (Lipinski definition) is 1. The Labute approximate surface area is 76.8 Å². The molecular formula is C9H11N3O. The van der Waals surface area contributed by atoms with Crippen LogP contribution in [-0.2, 0) is 11.3 Å². The largest absolute Gasteiger partial charge is 0.355 e. The van der Waals surface area contributed by atoms with Gasteiger partial charge in [-0.2, -0.15) is 5.26 Å². The summed E-state index contributed by atoms with van der Waals surface area (Å²) in [7, 11) is 0. The summed E-state index contributed by atoms with van der Waals surface area (Å²) in [4.78, 5) is 11.1. The molecule has 0 aliphatic carbocycles. The predicted molar refractivity (Wildman–Crippen MR) is 47.8 cm³/mol. The predicted octanol–water partition coefficient (Wildman–Crippen LogP) is 0.496. The van der Waals surface area contributed by atoms with Gasteiger partial charge in [0.15, 0.2) is 0 Å². The Hall–Kier alpha value is -1.76. The van der Waals surface area contributed by atoms with E-state index >= 15 is 0 Å². The number of nitrogens with one attached hydrogen (secondary N) is 1. The highest BCUT2D eigenvalue weighted by Gasteiger charge is 2.00. The van der Waals surface area contributed by atoms with E-state index in [1.165, 1.54) is 0 Å². The minimum atomic E-state index is -0.0393. The van der Waals surface area contributed by atoms with E-state index in [0.717, 1.165) is 0 Å². The first-order chi connectivity index (χ1) is 6.26. The zero-order valence-electron chi connectivity index (χ0n) is 7.45. The topological polar surface area (TPSA) is 57.8 Å². The molecule has 0 aliphatic heterocycles. The molecule has 1 aromatic rings. The van der Waals surface area contributed by atoms with Crippen LogP contribution in [0.4, 0.5) is 0 Å². The lowest BCUT2D eigenvalue weighted by atomic mass is 10.4. The number of rotatable bonds is 3. The molecule has 0 aliphatic rings. The van der Waals surface area contributed by atoms with Crippen LogP contribution >= 0.6 is 0 Å². The maximum atomic E-state index is 11.1. The summed E-state index contributed by atoms with van der Waals surface area (Å²) in [5.74, 6) is -0.0393. The van der Waals surface area contributed by atoms with Gasteiger partial charge in [-0.15, -0.1) is 0 Å². The summed E-state index contributed by atoms with van der Waals surface area (Å²) < 4.78 is 1.68. The van der Waals surface area contributed by atoms with Gasteiger partial charge in [0, 0.05) is 18.9 Å². The van der Waals surface area contributed by atoms with Crippen LogP contribution in [0.15, 0.2) is 18.5 Å². The second kappa shape index (κ2) is 4.31. The van der Waals surface area contributed by atoms with Crippen molar-refractivity contribution < 1.29 is 4.79 Å². The molecule has 0 radical (unpaired) electrons. The van der Waals surface area contributed by atoms with Crippen molar-refractivity contribution in [1.29, 1.82) is 5.26 Å². The molecule has 68 valence electrons. The quantitative estimate of drug-likeness (QED) is 0.730. The van der Waals surface area contributed by atoms with E-state index < -0.39 is 0 Å². The summed E-state index contributed by atoms with van der Waals surface area (Å²) in [5, 5.41) is 11.2. The lowest BCUT2D eigenvalue weighted by Gasteiger charge is -2.01. The monoisotopic (exact) mass is 177 g/mol. The fourth-order valence-electron chi connectivity index (χ4n) is 1.02. The van der Waals surface area contributed by atoms with Crippen LogP contribution in [0.25, 0.3) is 0 Å². The van der Waals surface area contributed by atoms with Crippen LogP contribution in [-0.4, -0.2) is 17.0 Å². The van der Waals surface area contributed by atoms with Gasteiger partial charge in [0.2, 0.25) is 5.91 Å².